The third kappa shape index (κ3) is 10.2. The Labute approximate surface area is 204 Å². The van der Waals surface area contributed by atoms with Gasteiger partial charge in [-0.3, -0.25) is 0 Å². The van der Waals surface area contributed by atoms with Crippen molar-refractivity contribution < 1.29 is 23.0 Å². The summed E-state index contributed by atoms with van der Waals surface area (Å²) in [5.74, 6) is -1.15. The molecule has 2 aromatic carbocycles. The molecule has 0 bridgehead atoms. The molecular weight excluding hydrogens is 434 g/mol. The van der Waals surface area contributed by atoms with Gasteiger partial charge in [0.25, 0.3) is 6.48 Å². The van der Waals surface area contributed by atoms with E-state index in [1.165, 1.54) is 44.2 Å². The highest BCUT2D eigenvalue weighted by Gasteiger charge is 2.22. The van der Waals surface area contributed by atoms with Crippen molar-refractivity contribution in [3.63, 3.8) is 0 Å². The number of rotatable bonds is 16. The summed E-state index contributed by atoms with van der Waals surface area (Å²) in [6.45, 7) is 9.29. The molecule has 0 saturated carbocycles. The molecule has 0 fully saturated rings. The molecule has 2 aromatic rings. The van der Waals surface area contributed by atoms with Crippen LogP contribution >= 0.6 is 0 Å². The summed E-state index contributed by atoms with van der Waals surface area (Å²) in [6.07, 6.45) is 9.11. The number of hydrogen-bond acceptors (Lipinski definition) is 3. The van der Waals surface area contributed by atoms with E-state index >= 15 is 0 Å². The highest BCUT2D eigenvalue weighted by Crippen LogP contribution is 2.30. The normalized spacial score (nSPS) is 12.8. The Hall–Kier alpha value is -1.82. The largest absolute Gasteiger partial charge is 0.327 e. The monoisotopic (exact) mass is 476 g/mol. The maximum absolute atomic E-state index is 14.2. The van der Waals surface area contributed by atoms with Crippen LogP contribution in [0.2, 0.25) is 0 Å². The summed E-state index contributed by atoms with van der Waals surface area (Å²) in [4.78, 5) is 0. The minimum Gasteiger partial charge on any atom is -0.327 e. The van der Waals surface area contributed by atoms with Gasteiger partial charge in [0.15, 0.2) is 0 Å². The van der Waals surface area contributed by atoms with Crippen LogP contribution in [0.5, 0.6) is 0 Å². The van der Waals surface area contributed by atoms with E-state index < -0.39 is 18.1 Å². The summed E-state index contributed by atoms with van der Waals surface area (Å²) in [5.41, 5.74) is 2.06. The van der Waals surface area contributed by atoms with Crippen LogP contribution in [0.1, 0.15) is 97.7 Å². The van der Waals surface area contributed by atoms with Crippen LogP contribution in [0, 0.1) is 11.6 Å². The molecular formula is C29H42F2O3. The first kappa shape index (κ1) is 28.4. The Kier molecular flexibility index (Phi) is 12.7. The van der Waals surface area contributed by atoms with E-state index in [4.69, 9.17) is 14.2 Å². The fourth-order valence-corrected chi connectivity index (χ4v) is 3.88. The second-order valence-corrected chi connectivity index (χ2v) is 9.44. The van der Waals surface area contributed by atoms with Crippen LogP contribution in [0.15, 0.2) is 42.5 Å². The zero-order valence-corrected chi connectivity index (χ0v) is 21.5. The maximum atomic E-state index is 14.2. The lowest BCUT2D eigenvalue weighted by Gasteiger charge is -2.28. The smallest absolute Gasteiger partial charge is 0.272 e. The van der Waals surface area contributed by atoms with Gasteiger partial charge in [-0.1, -0.05) is 76.1 Å². The van der Waals surface area contributed by atoms with Gasteiger partial charge in [0, 0.05) is 11.6 Å². The molecule has 0 heterocycles. The topological polar surface area (TPSA) is 27.7 Å². The molecule has 3 nitrogen and oxygen atoms in total. The molecule has 1 atom stereocenters. The second kappa shape index (κ2) is 15.2. The number of ether oxygens (including phenoxy) is 3. The van der Waals surface area contributed by atoms with Crippen molar-refractivity contribution in [3.8, 4) is 11.1 Å². The third-order valence-electron chi connectivity index (χ3n) is 5.64. The predicted molar refractivity (Wildman–Crippen MR) is 134 cm³/mol. The van der Waals surface area contributed by atoms with Crippen LogP contribution in [0.3, 0.4) is 0 Å². The van der Waals surface area contributed by atoms with Crippen LogP contribution < -0.4 is 0 Å². The Morgan fingerprint density at radius 3 is 1.85 bits per heavy atom. The molecule has 34 heavy (non-hydrogen) atoms. The molecule has 0 aliphatic carbocycles. The van der Waals surface area contributed by atoms with Crippen molar-refractivity contribution in [2.24, 2.45) is 0 Å². The summed E-state index contributed by atoms with van der Waals surface area (Å²) < 4.78 is 45.6. The summed E-state index contributed by atoms with van der Waals surface area (Å²) in [5, 5.41) is 0. The Morgan fingerprint density at radius 2 is 1.29 bits per heavy atom. The van der Waals surface area contributed by atoms with Crippen LogP contribution in [-0.4, -0.2) is 18.7 Å². The van der Waals surface area contributed by atoms with Crippen LogP contribution in [0.4, 0.5) is 8.78 Å². The van der Waals surface area contributed by atoms with E-state index in [0.29, 0.717) is 11.1 Å². The molecule has 0 aliphatic heterocycles. The molecule has 5 heteroatoms. The van der Waals surface area contributed by atoms with Gasteiger partial charge in [0.05, 0.1) is 18.3 Å². The van der Waals surface area contributed by atoms with Gasteiger partial charge in [0.2, 0.25) is 0 Å². The maximum Gasteiger partial charge on any atom is 0.272 e. The lowest BCUT2D eigenvalue weighted by Crippen LogP contribution is -2.29. The predicted octanol–water partition coefficient (Wildman–Crippen LogP) is 8.96. The van der Waals surface area contributed by atoms with E-state index in [2.05, 4.69) is 6.92 Å². The van der Waals surface area contributed by atoms with Gasteiger partial charge in [0.1, 0.15) is 11.6 Å². The molecule has 0 aromatic heterocycles. The SMILES string of the molecule is CCCCCCCCCC(OC(OC(C)C)OC(C)C)c1ccc(-c2ccc(F)cc2F)cc1. The first-order valence-corrected chi connectivity index (χ1v) is 12.8. The second-order valence-electron chi connectivity index (χ2n) is 9.44. The lowest BCUT2D eigenvalue weighted by molar-refractivity contribution is -0.328. The van der Waals surface area contributed by atoms with E-state index in [1.807, 2.05) is 52.0 Å². The van der Waals surface area contributed by atoms with E-state index in [0.717, 1.165) is 30.9 Å². The Bertz CT molecular complexity index is 811. The lowest BCUT2D eigenvalue weighted by atomic mass is 9.98. The number of unbranched alkanes of at least 4 members (excludes halogenated alkanes) is 6. The van der Waals surface area contributed by atoms with Gasteiger partial charge in [-0.15, -0.1) is 0 Å². The van der Waals surface area contributed by atoms with Gasteiger partial charge < -0.3 is 14.2 Å². The average Bonchev–Trinajstić information content (AvgIpc) is 2.77. The summed E-state index contributed by atoms with van der Waals surface area (Å²) in [7, 11) is 0. The van der Waals surface area contributed by atoms with Crippen molar-refractivity contribution in [2.45, 2.75) is 111 Å². The highest BCUT2D eigenvalue weighted by molar-refractivity contribution is 5.64. The van der Waals surface area contributed by atoms with Crippen molar-refractivity contribution >= 4 is 0 Å². The van der Waals surface area contributed by atoms with Crippen LogP contribution in [0.25, 0.3) is 11.1 Å². The Morgan fingerprint density at radius 1 is 0.706 bits per heavy atom. The molecule has 1 unspecified atom stereocenters. The van der Waals surface area contributed by atoms with Gasteiger partial charge in [-0.2, -0.15) is 0 Å². The summed E-state index contributed by atoms with van der Waals surface area (Å²) >= 11 is 0. The fourth-order valence-electron chi connectivity index (χ4n) is 3.88. The van der Waals surface area contributed by atoms with E-state index in [9.17, 15) is 8.78 Å². The highest BCUT2D eigenvalue weighted by atomic mass is 19.1. The molecule has 0 amide bonds. The zero-order chi connectivity index (χ0) is 24.9. The molecule has 2 rings (SSSR count). The Balaban J connectivity index is 2.12. The van der Waals surface area contributed by atoms with E-state index in [-0.39, 0.29) is 18.3 Å². The van der Waals surface area contributed by atoms with Gasteiger partial charge in [-0.05, 0) is 57.4 Å². The molecule has 0 aliphatic rings. The number of hydrogen-bond donors (Lipinski definition) is 0. The average molecular weight is 477 g/mol. The summed E-state index contributed by atoms with van der Waals surface area (Å²) in [6, 6.07) is 11.3. The van der Waals surface area contributed by atoms with Crippen molar-refractivity contribution in [2.75, 3.05) is 0 Å². The van der Waals surface area contributed by atoms with E-state index in [1.54, 1.807) is 0 Å². The minimum absolute atomic E-state index is 0.0354. The van der Waals surface area contributed by atoms with Crippen LogP contribution in [-0.2, 0) is 14.2 Å². The molecule has 0 N–H and O–H groups in total. The number of halogens is 2. The fraction of sp³-hybridized carbons (Fsp3) is 0.586. The standard InChI is InChI=1S/C29H42F2O3/c1-6-7-8-9-10-11-12-13-28(34-29(32-21(2)3)33-22(4)5)24-16-14-23(15-17-24)26-19-18-25(30)20-27(26)31/h14-22,28-29H,6-13H2,1-5H3. The van der Waals surface area contributed by atoms with Gasteiger partial charge >= 0.3 is 0 Å². The minimum atomic E-state index is -0.760. The van der Waals surface area contributed by atoms with Crippen molar-refractivity contribution in [1.82, 2.24) is 0 Å². The number of benzene rings is 2. The zero-order valence-electron chi connectivity index (χ0n) is 21.5. The van der Waals surface area contributed by atoms with Gasteiger partial charge in [-0.25, -0.2) is 8.78 Å². The quantitative estimate of drug-likeness (QED) is 0.179. The molecule has 0 spiro atoms. The first-order valence-electron chi connectivity index (χ1n) is 12.8. The molecule has 190 valence electrons. The first-order chi connectivity index (χ1) is 16.3. The van der Waals surface area contributed by atoms with Crippen molar-refractivity contribution in [1.29, 1.82) is 0 Å². The van der Waals surface area contributed by atoms with Crippen molar-refractivity contribution in [3.05, 3.63) is 59.7 Å². The third-order valence-corrected chi connectivity index (χ3v) is 5.64. The molecule has 0 saturated heterocycles. The molecule has 0 radical (unpaired) electrons.